The summed E-state index contributed by atoms with van der Waals surface area (Å²) < 4.78 is 0. The Balaban J connectivity index is 2.85. The second kappa shape index (κ2) is 6.81. The van der Waals surface area contributed by atoms with Crippen LogP contribution >= 0.6 is 0 Å². The number of aliphatic carboxylic acids is 2. The third-order valence-electron chi connectivity index (χ3n) is 2.89. The third-order valence-corrected chi connectivity index (χ3v) is 2.89. The molecule has 19 heavy (non-hydrogen) atoms. The smallest absolute Gasteiger partial charge is 0.320 e. The number of nitrogens with two attached hydrogens (primary N) is 2. The molecule has 6 N–H and O–H groups in total. The zero-order valence-electron chi connectivity index (χ0n) is 10.3. The molecule has 1 rings (SSSR count). The van der Waals surface area contributed by atoms with E-state index in [2.05, 4.69) is 4.98 Å². The number of aromatic nitrogens is 1. The van der Waals surface area contributed by atoms with Gasteiger partial charge < -0.3 is 21.7 Å². The molecule has 7 heteroatoms. The predicted octanol–water partition coefficient (Wildman–Crippen LogP) is -0.231. The molecule has 2 atom stereocenters. The van der Waals surface area contributed by atoms with Crippen LogP contribution in [0.3, 0.4) is 0 Å². The average Bonchev–Trinajstić information content (AvgIpc) is 2.38. The number of nitrogens with zero attached hydrogens (tertiary/aromatic N) is 1. The van der Waals surface area contributed by atoms with Crippen LogP contribution in [0.2, 0.25) is 0 Å². The Labute approximate surface area is 110 Å². The van der Waals surface area contributed by atoms with Gasteiger partial charge in [0.05, 0.1) is 0 Å². The lowest BCUT2D eigenvalue weighted by Gasteiger charge is -2.21. The third kappa shape index (κ3) is 4.65. The van der Waals surface area contributed by atoms with E-state index in [0.717, 1.165) is 5.56 Å². The number of hydrogen-bond acceptors (Lipinski definition) is 5. The Hall–Kier alpha value is -1.99. The number of carboxylic acids is 2. The van der Waals surface area contributed by atoms with Crippen LogP contribution in [-0.4, -0.2) is 39.2 Å². The van der Waals surface area contributed by atoms with Crippen molar-refractivity contribution in [2.45, 2.75) is 30.8 Å². The van der Waals surface area contributed by atoms with Gasteiger partial charge >= 0.3 is 11.9 Å². The summed E-state index contributed by atoms with van der Waals surface area (Å²) in [5.41, 5.74) is 11.8. The van der Waals surface area contributed by atoms with E-state index in [1.165, 1.54) is 0 Å². The normalized spacial score (nSPS) is 15.5. The lowest BCUT2D eigenvalue weighted by Crippen LogP contribution is -2.36. The standard InChI is InChI=1S/C12H17N3O4/c13-9(11(16)17)5-8(6-10(14)12(18)19)7-1-3-15-4-2-7/h1-4,8-10H,5-6,13-14H2,(H,16,17)(H,18,19). The highest BCUT2D eigenvalue weighted by molar-refractivity contribution is 5.74. The van der Waals surface area contributed by atoms with Crippen LogP contribution in [0.25, 0.3) is 0 Å². The van der Waals surface area contributed by atoms with Crippen LogP contribution < -0.4 is 11.5 Å². The molecule has 0 aromatic carbocycles. The van der Waals surface area contributed by atoms with Crippen LogP contribution in [0.15, 0.2) is 24.5 Å². The van der Waals surface area contributed by atoms with Crippen molar-refractivity contribution in [2.24, 2.45) is 11.5 Å². The van der Waals surface area contributed by atoms with Crippen LogP contribution in [0.1, 0.15) is 24.3 Å². The summed E-state index contributed by atoms with van der Waals surface area (Å²) in [7, 11) is 0. The predicted molar refractivity (Wildman–Crippen MR) is 67.4 cm³/mol. The maximum atomic E-state index is 10.8. The Morgan fingerprint density at radius 3 is 1.84 bits per heavy atom. The molecule has 0 fully saturated rings. The van der Waals surface area contributed by atoms with Crippen LogP contribution in [0.4, 0.5) is 0 Å². The molecule has 0 radical (unpaired) electrons. The first-order valence-corrected chi connectivity index (χ1v) is 5.78. The fraction of sp³-hybridized carbons (Fsp3) is 0.417. The Kier molecular flexibility index (Phi) is 5.40. The largest absolute Gasteiger partial charge is 0.480 e. The summed E-state index contributed by atoms with van der Waals surface area (Å²) in [5, 5.41) is 17.7. The first kappa shape index (κ1) is 15.1. The summed E-state index contributed by atoms with van der Waals surface area (Å²) in [6, 6.07) is 1.29. The molecule has 2 unspecified atom stereocenters. The van der Waals surface area contributed by atoms with Gasteiger partial charge in [0.15, 0.2) is 0 Å². The minimum atomic E-state index is -1.12. The molecule has 7 nitrogen and oxygen atoms in total. The van der Waals surface area contributed by atoms with Gasteiger partial charge in [0.1, 0.15) is 12.1 Å². The molecule has 1 heterocycles. The number of rotatable bonds is 7. The summed E-state index contributed by atoms with van der Waals surface area (Å²) in [6.45, 7) is 0. The first-order valence-electron chi connectivity index (χ1n) is 5.78. The maximum Gasteiger partial charge on any atom is 0.320 e. The van der Waals surface area contributed by atoms with Gasteiger partial charge in [-0.25, -0.2) is 0 Å². The molecule has 0 aliphatic heterocycles. The van der Waals surface area contributed by atoms with Gasteiger partial charge in [0.2, 0.25) is 0 Å². The average molecular weight is 267 g/mol. The van der Waals surface area contributed by atoms with Crippen LogP contribution in [0.5, 0.6) is 0 Å². The van der Waals surface area contributed by atoms with Crippen LogP contribution in [-0.2, 0) is 9.59 Å². The van der Waals surface area contributed by atoms with Crippen molar-refractivity contribution in [3.05, 3.63) is 30.1 Å². The topological polar surface area (TPSA) is 140 Å². The summed E-state index contributed by atoms with van der Waals surface area (Å²) in [6.07, 6.45) is 3.36. The van der Waals surface area contributed by atoms with Crippen molar-refractivity contribution in [1.29, 1.82) is 0 Å². The van der Waals surface area contributed by atoms with Gasteiger partial charge in [-0.05, 0) is 36.5 Å². The van der Waals surface area contributed by atoms with E-state index in [1.54, 1.807) is 24.5 Å². The number of pyridine rings is 1. The highest BCUT2D eigenvalue weighted by atomic mass is 16.4. The Morgan fingerprint density at radius 2 is 1.47 bits per heavy atom. The molecule has 0 aliphatic carbocycles. The van der Waals surface area contributed by atoms with Crippen molar-refractivity contribution >= 4 is 11.9 Å². The summed E-state index contributed by atoms with van der Waals surface area (Å²) in [4.78, 5) is 25.5. The number of carboxylic acid groups (broad SMARTS) is 2. The zero-order chi connectivity index (χ0) is 14.4. The maximum absolute atomic E-state index is 10.8. The lowest BCUT2D eigenvalue weighted by molar-refractivity contribution is -0.139. The highest BCUT2D eigenvalue weighted by Gasteiger charge is 2.24. The van der Waals surface area contributed by atoms with Crippen molar-refractivity contribution in [1.82, 2.24) is 4.98 Å². The molecule has 0 amide bonds. The Bertz CT molecular complexity index is 416. The minimum absolute atomic E-state index is 0.125. The summed E-state index contributed by atoms with van der Waals surface area (Å²) >= 11 is 0. The quantitative estimate of drug-likeness (QED) is 0.535. The van der Waals surface area contributed by atoms with E-state index in [4.69, 9.17) is 21.7 Å². The zero-order valence-corrected chi connectivity index (χ0v) is 10.3. The fourth-order valence-electron chi connectivity index (χ4n) is 1.82. The van der Waals surface area contributed by atoms with Crippen molar-refractivity contribution in [3.8, 4) is 0 Å². The molecule has 104 valence electrons. The molecular weight excluding hydrogens is 250 g/mol. The van der Waals surface area contributed by atoms with E-state index >= 15 is 0 Å². The second-order valence-corrected chi connectivity index (χ2v) is 4.34. The fourth-order valence-corrected chi connectivity index (χ4v) is 1.82. The molecule has 0 saturated heterocycles. The molecule has 0 bridgehead atoms. The molecular formula is C12H17N3O4. The molecule has 0 saturated carbocycles. The van der Waals surface area contributed by atoms with E-state index < -0.39 is 24.0 Å². The molecule has 1 aromatic rings. The van der Waals surface area contributed by atoms with E-state index in [1.807, 2.05) is 0 Å². The number of hydrogen-bond donors (Lipinski definition) is 4. The van der Waals surface area contributed by atoms with Crippen molar-refractivity contribution < 1.29 is 19.8 Å². The van der Waals surface area contributed by atoms with Gasteiger partial charge in [-0.2, -0.15) is 0 Å². The second-order valence-electron chi connectivity index (χ2n) is 4.34. The van der Waals surface area contributed by atoms with E-state index in [9.17, 15) is 9.59 Å². The van der Waals surface area contributed by atoms with Crippen LogP contribution in [0, 0.1) is 0 Å². The van der Waals surface area contributed by atoms with Gasteiger partial charge in [0.25, 0.3) is 0 Å². The van der Waals surface area contributed by atoms with Crippen molar-refractivity contribution in [2.75, 3.05) is 0 Å². The summed E-state index contributed by atoms with van der Waals surface area (Å²) in [5.74, 6) is -2.58. The molecule has 0 spiro atoms. The van der Waals surface area contributed by atoms with Gasteiger partial charge in [-0.15, -0.1) is 0 Å². The first-order chi connectivity index (χ1) is 8.91. The lowest BCUT2D eigenvalue weighted by atomic mass is 9.87. The highest BCUT2D eigenvalue weighted by Crippen LogP contribution is 2.25. The van der Waals surface area contributed by atoms with Gasteiger partial charge in [-0.1, -0.05) is 0 Å². The minimum Gasteiger partial charge on any atom is -0.480 e. The van der Waals surface area contributed by atoms with Gasteiger partial charge in [0, 0.05) is 12.4 Å². The van der Waals surface area contributed by atoms with Crippen molar-refractivity contribution in [3.63, 3.8) is 0 Å². The number of carbonyl (C=O) groups is 2. The SMILES string of the molecule is NC(CC(CC(N)C(=O)O)c1ccncc1)C(=O)O. The molecule has 1 aromatic heterocycles. The van der Waals surface area contributed by atoms with E-state index in [-0.39, 0.29) is 18.8 Å². The van der Waals surface area contributed by atoms with E-state index in [0.29, 0.717) is 0 Å². The molecule has 0 aliphatic rings. The van der Waals surface area contributed by atoms with Gasteiger partial charge in [-0.3, -0.25) is 14.6 Å². The monoisotopic (exact) mass is 267 g/mol. The Morgan fingerprint density at radius 1 is 1.05 bits per heavy atom.